The zero-order valence-corrected chi connectivity index (χ0v) is 17.8. The Bertz CT molecular complexity index is 1090. The molecule has 3 heterocycles. The summed E-state index contributed by atoms with van der Waals surface area (Å²) in [6.07, 6.45) is 4.87. The van der Waals surface area contributed by atoms with Crippen molar-refractivity contribution in [3.63, 3.8) is 0 Å². The molecule has 1 N–H and O–H groups in total. The van der Waals surface area contributed by atoms with Crippen LogP contribution < -0.4 is 4.90 Å². The number of likely N-dealkylation sites (tertiary alicyclic amines) is 1. The highest BCUT2D eigenvalue weighted by Crippen LogP contribution is 2.31. The highest BCUT2D eigenvalue weighted by molar-refractivity contribution is 6.06. The van der Waals surface area contributed by atoms with Gasteiger partial charge in [0.1, 0.15) is 0 Å². The van der Waals surface area contributed by atoms with Crippen molar-refractivity contribution in [1.29, 1.82) is 0 Å². The van der Waals surface area contributed by atoms with E-state index in [0.29, 0.717) is 36.9 Å². The third-order valence-electron chi connectivity index (χ3n) is 5.81. The van der Waals surface area contributed by atoms with Gasteiger partial charge in [0.15, 0.2) is 0 Å². The molecule has 1 amide bonds. The molecule has 4 rings (SSSR count). The number of aromatic amines is 1. The first-order valence-electron chi connectivity index (χ1n) is 10.7. The molecule has 0 spiro atoms. The molecule has 3 aromatic rings. The molecule has 8 heteroatoms. The number of carbonyl (C=O) groups is 1. The lowest BCUT2D eigenvalue weighted by atomic mass is 10.00. The highest BCUT2D eigenvalue weighted by atomic mass is 16.6. The molecular formula is C23H27N5O3. The largest absolute Gasteiger partial charge is 0.360 e. The minimum Gasteiger partial charge on any atom is -0.360 e. The SMILES string of the molecule is CC(C)CN(c1ncccc1[N+](=O)[O-])C1CCN(C(=O)c2c[nH]c3ccccc23)CC1. The molecule has 0 aliphatic carbocycles. The standard InChI is InChI=1S/C23H27N5O3/c1-16(2)15-27(22-21(28(30)31)8-5-11-24-22)17-9-12-26(13-10-17)23(29)19-14-25-20-7-4-3-6-18(19)20/h3-8,11,14,16-17,25H,9-10,12-13,15H2,1-2H3. The lowest BCUT2D eigenvalue weighted by Crippen LogP contribution is -2.48. The van der Waals surface area contributed by atoms with Crippen LogP contribution in [0.1, 0.15) is 37.0 Å². The van der Waals surface area contributed by atoms with Crippen LogP contribution in [-0.4, -0.2) is 51.4 Å². The average Bonchev–Trinajstić information content (AvgIpc) is 3.21. The third-order valence-corrected chi connectivity index (χ3v) is 5.81. The van der Waals surface area contributed by atoms with E-state index in [1.54, 1.807) is 18.5 Å². The van der Waals surface area contributed by atoms with Crippen molar-refractivity contribution in [2.45, 2.75) is 32.7 Å². The van der Waals surface area contributed by atoms with Gasteiger partial charge in [-0.3, -0.25) is 14.9 Å². The predicted molar refractivity (Wildman–Crippen MR) is 120 cm³/mol. The summed E-state index contributed by atoms with van der Waals surface area (Å²) in [5, 5.41) is 12.5. The summed E-state index contributed by atoms with van der Waals surface area (Å²) >= 11 is 0. The molecule has 0 radical (unpaired) electrons. The van der Waals surface area contributed by atoms with Crippen LogP contribution in [0.2, 0.25) is 0 Å². The van der Waals surface area contributed by atoms with Gasteiger partial charge in [-0.05, 0) is 30.9 Å². The smallest absolute Gasteiger partial charge is 0.311 e. The van der Waals surface area contributed by atoms with Crippen LogP contribution in [0.4, 0.5) is 11.5 Å². The fraction of sp³-hybridized carbons (Fsp3) is 0.391. The van der Waals surface area contributed by atoms with Crippen molar-refractivity contribution in [3.8, 4) is 0 Å². The number of para-hydroxylation sites is 1. The topological polar surface area (TPSA) is 95.4 Å². The molecule has 0 bridgehead atoms. The number of rotatable bonds is 6. The Kier molecular flexibility index (Phi) is 5.88. The molecule has 0 unspecified atom stereocenters. The van der Waals surface area contributed by atoms with Gasteiger partial charge in [-0.25, -0.2) is 4.98 Å². The molecule has 1 fully saturated rings. The molecule has 0 atom stereocenters. The molecule has 162 valence electrons. The molecule has 8 nitrogen and oxygen atoms in total. The predicted octanol–water partition coefficient (Wildman–Crippen LogP) is 4.24. The monoisotopic (exact) mass is 421 g/mol. The van der Waals surface area contributed by atoms with Gasteiger partial charge < -0.3 is 14.8 Å². The quantitative estimate of drug-likeness (QED) is 0.474. The van der Waals surface area contributed by atoms with E-state index in [1.807, 2.05) is 29.2 Å². The summed E-state index contributed by atoms with van der Waals surface area (Å²) in [7, 11) is 0. The number of H-pyrrole nitrogens is 1. The Morgan fingerprint density at radius 3 is 2.71 bits per heavy atom. The normalized spacial score (nSPS) is 14.9. The van der Waals surface area contributed by atoms with Crippen LogP contribution in [0.3, 0.4) is 0 Å². The number of nitro groups is 1. The number of nitrogens with one attached hydrogen (secondary N) is 1. The second-order valence-electron chi connectivity index (χ2n) is 8.42. The first-order valence-corrected chi connectivity index (χ1v) is 10.7. The molecule has 0 saturated carbocycles. The Balaban J connectivity index is 1.52. The summed E-state index contributed by atoms with van der Waals surface area (Å²) < 4.78 is 0. The molecule has 1 aliphatic heterocycles. The number of amides is 1. The summed E-state index contributed by atoms with van der Waals surface area (Å²) in [6.45, 7) is 6.09. The van der Waals surface area contributed by atoms with Gasteiger partial charge in [0.25, 0.3) is 5.91 Å². The molecule has 1 saturated heterocycles. The maximum absolute atomic E-state index is 13.1. The van der Waals surface area contributed by atoms with E-state index < -0.39 is 0 Å². The highest BCUT2D eigenvalue weighted by Gasteiger charge is 2.32. The van der Waals surface area contributed by atoms with Gasteiger partial charge in [0.05, 0.1) is 10.5 Å². The first-order chi connectivity index (χ1) is 15.0. The van der Waals surface area contributed by atoms with Gasteiger partial charge >= 0.3 is 5.69 Å². The zero-order valence-electron chi connectivity index (χ0n) is 17.8. The van der Waals surface area contributed by atoms with Crippen molar-refractivity contribution in [1.82, 2.24) is 14.9 Å². The number of benzene rings is 1. The fourth-order valence-electron chi connectivity index (χ4n) is 4.35. The van der Waals surface area contributed by atoms with Crippen molar-refractivity contribution >= 4 is 28.3 Å². The third kappa shape index (κ3) is 4.23. The summed E-state index contributed by atoms with van der Waals surface area (Å²) in [4.78, 5) is 35.8. The van der Waals surface area contributed by atoms with E-state index in [2.05, 4.69) is 28.7 Å². The molecule has 2 aromatic heterocycles. The number of anilines is 1. The number of hydrogen-bond acceptors (Lipinski definition) is 5. The van der Waals surface area contributed by atoms with Crippen LogP contribution in [0.25, 0.3) is 10.9 Å². The molecule has 1 aliphatic rings. The van der Waals surface area contributed by atoms with Gasteiger partial charge in [0, 0.05) is 55.0 Å². The molecular weight excluding hydrogens is 394 g/mol. The zero-order chi connectivity index (χ0) is 22.0. The molecule has 1 aromatic carbocycles. The van der Waals surface area contributed by atoms with Crippen molar-refractivity contribution in [2.24, 2.45) is 5.92 Å². The number of nitrogens with zero attached hydrogens (tertiary/aromatic N) is 4. The van der Waals surface area contributed by atoms with Gasteiger partial charge in [-0.15, -0.1) is 0 Å². The maximum Gasteiger partial charge on any atom is 0.311 e. The lowest BCUT2D eigenvalue weighted by molar-refractivity contribution is -0.384. The van der Waals surface area contributed by atoms with Gasteiger partial charge in [0.2, 0.25) is 5.82 Å². The Morgan fingerprint density at radius 2 is 2.00 bits per heavy atom. The number of piperidine rings is 1. The van der Waals surface area contributed by atoms with Gasteiger partial charge in [-0.2, -0.15) is 0 Å². The number of fused-ring (bicyclic) bond motifs is 1. The van der Waals surface area contributed by atoms with E-state index in [0.717, 1.165) is 23.7 Å². The number of pyridine rings is 1. The second kappa shape index (κ2) is 8.75. The Hall–Kier alpha value is -3.42. The van der Waals surface area contributed by atoms with E-state index in [-0.39, 0.29) is 22.6 Å². The van der Waals surface area contributed by atoms with Gasteiger partial charge in [-0.1, -0.05) is 32.0 Å². The second-order valence-corrected chi connectivity index (χ2v) is 8.42. The van der Waals surface area contributed by atoms with E-state index in [9.17, 15) is 14.9 Å². The Morgan fingerprint density at radius 1 is 1.26 bits per heavy atom. The lowest BCUT2D eigenvalue weighted by Gasteiger charge is -2.39. The fourth-order valence-corrected chi connectivity index (χ4v) is 4.35. The van der Waals surface area contributed by atoms with E-state index >= 15 is 0 Å². The summed E-state index contributed by atoms with van der Waals surface area (Å²) in [5.74, 6) is 0.769. The van der Waals surface area contributed by atoms with E-state index in [4.69, 9.17) is 0 Å². The summed E-state index contributed by atoms with van der Waals surface area (Å²) in [6, 6.07) is 11.0. The van der Waals surface area contributed by atoms with E-state index in [1.165, 1.54) is 6.07 Å². The number of aromatic nitrogens is 2. The van der Waals surface area contributed by atoms with Crippen LogP contribution in [0.5, 0.6) is 0 Å². The Labute approximate surface area is 181 Å². The minimum absolute atomic E-state index is 0.0233. The van der Waals surface area contributed by atoms with Crippen molar-refractivity contribution in [3.05, 3.63) is 64.5 Å². The van der Waals surface area contributed by atoms with Crippen LogP contribution >= 0.6 is 0 Å². The van der Waals surface area contributed by atoms with Crippen molar-refractivity contribution in [2.75, 3.05) is 24.5 Å². The number of carbonyl (C=O) groups excluding carboxylic acids is 1. The summed E-state index contributed by atoms with van der Waals surface area (Å²) in [5.41, 5.74) is 1.67. The van der Waals surface area contributed by atoms with Crippen LogP contribution in [0, 0.1) is 16.0 Å². The molecule has 31 heavy (non-hydrogen) atoms. The van der Waals surface area contributed by atoms with Crippen LogP contribution in [0.15, 0.2) is 48.8 Å². The maximum atomic E-state index is 13.1. The minimum atomic E-state index is -0.370. The average molecular weight is 422 g/mol. The van der Waals surface area contributed by atoms with Crippen LogP contribution in [-0.2, 0) is 0 Å². The number of hydrogen-bond donors (Lipinski definition) is 1. The van der Waals surface area contributed by atoms with Crippen molar-refractivity contribution < 1.29 is 9.72 Å². The first kappa shape index (κ1) is 20.8.